The van der Waals surface area contributed by atoms with Crippen molar-refractivity contribution in [3.8, 4) is 12.1 Å². The smallest absolute Gasteiger partial charge is 0.100 e. The van der Waals surface area contributed by atoms with Crippen molar-refractivity contribution in [3.05, 3.63) is 22.8 Å². The molecule has 1 aliphatic heterocycles. The van der Waals surface area contributed by atoms with E-state index in [-0.39, 0.29) is 6.04 Å². The SMILES string of the molecule is N#CC1=C(C#N)[C@H](N2CCOCC2)[C@H]2CCCCC2=C1. The summed E-state index contributed by atoms with van der Waals surface area (Å²) in [6.45, 7) is 3.17. The highest BCUT2D eigenvalue weighted by Gasteiger charge is 2.38. The third kappa shape index (κ3) is 2.26. The monoisotopic (exact) mass is 269 g/mol. The molecule has 1 saturated heterocycles. The van der Waals surface area contributed by atoms with Gasteiger partial charge in [0.2, 0.25) is 0 Å². The zero-order valence-corrected chi connectivity index (χ0v) is 11.6. The maximum atomic E-state index is 9.54. The number of nitrogens with zero attached hydrogens (tertiary/aromatic N) is 3. The Hall–Kier alpha value is -1.62. The topological polar surface area (TPSA) is 60.0 Å². The van der Waals surface area contributed by atoms with Gasteiger partial charge in [-0.05, 0) is 25.3 Å². The molecule has 4 heteroatoms. The maximum absolute atomic E-state index is 9.54. The van der Waals surface area contributed by atoms with Gasteiger partial charge >= 0.3 is 0 Å². The molecule has 0 aromatic rings. The van der Waals surface area contributed by atoms with Crippen LogP contribution in [0.25, 0.3) is 0 Å². The van der Waals surface area contributed by atoms with E-state index in [1.54, 1.807) is 0 Å². The molecule has 0 amide bonds. The number of morpholine rings is 1. The summed E-state index contributed by atoms with van der Waals surface area (Å²) in [6, 6.07) is 4.64. The minimum atomic E-state index is 0.0962. The van der Waals surface area contributed by atoms with Crippen molar-refractivity contribution >= 4 is 0 Å². The average molecular weight is 269 g/mol. The van der Waals surface area contributed by atoms with Crippen LogP contribution < -0.4 is 0 Å². The van der Waals surface area contributed by atoms with Crippen molar-refractivity contribution in [2.75, 3.05) is 26.3 Å². The number of rotatable bonds is 1. The summed E-state index contributed by atoms with van der Waals surface area (Å²) in [5, 5.41) is 18.9. The number of hydrogen-bond donors (Lipinski definition) is 0. The highest BCUT2D eigenvalue weighted by atomic mass is 16.5. The van der Waals surface area contributed by atoms with Crippen molar-refractivity contribution in [2.45, 2.75) is 31.7 Å². The molecule has 2 fully saturated rings. The predicted octanol–water partition coefficient (Wildman–Crippen LogP) is 2.16. The van der Waals surface area contributed by atoms with Crippen molar-refractivity contribution in [1.82, 2.24) is 4.90 Å². The van der Waals surface area contributed by atoms with Crippen LogP contribution in [0.15, 0.2) is 22.8 Å². The third-order valence-electron chi connectivity index (χ3n) is 4.68. The summed E-state index contributed by atoms with van der Waals surface area (Å²) in [7, 11) is 0. The van der Waals surface area contributed by atoms with Crippen LogP contribution in [0.4, 0.5) is 0 Å². The zero-order chi connectivity index (χ0) is 13.9. The van der Waals surface area contributed by atoms with Gasteiger partial charge in [0.15, 0.2) is 0 Å². The highest BCUT2D eigenvalue weighted by Crippen LogP contribution is 2.41. The Morgan fingerprint density at radius 3 is 2.65 bits per heavy atom. The maximum Gasteiger partial charge on any atom is 0.100 e. The molecule has 1 heterocycles. The van der Waals surface area contributed by atoms with Crippen molar-refractivity contribution in [3.63, 3.8) is 0 Å². The lowest BCUT2D eigenvalue weighted by Gasteiger charge is -2.43. The second-order valence-electron chi connectivity index (χ2n) is 5.72. The van der Waals surface area contributed by atoms with Gasteiger partial charge in [-0.1, -0.05) is 12.0 Å². The largest absolute Gasteiger partial charge is 0.379 e. The van der Waals surface area contributed by atoms with Crippen LogP contribution in [0, 0.1) is 28.6 Å². The molecule has 0 radical (unpaired) electrons. The van der Waals surface area contributed by atoms with E-state index in [2.05, 4.69) is 17.0 Å². The van der Waals surface area contributed by atoms with Gasteiger partial charge in [-0.2, -0.15) is 10.5 Å². The second kappa shape index (κ2) is 5.79. The molecule has 0 aromatic heterocycles. The summed E-state index contributed by atoms with van der Waals surface area (Å²) in [4.78, 5) is 2.35. The predicted molar refractivity (Wildman–Crippen MR) is 74.5 cm³/mol. The lowest BCUT2D eigenvalue weighted by Crippen LogP contribution is -2.49. The highest BCUT2D eigenvalue weighted by molar-refractivity contribution is 5.53. The van der Waals surface area contributed by atoms with Gasteiger partial charge in [0.1, 0.15) is 6.07 Å². The number of allylic oxidation sites excluding steroid dienone is 2. The van der Waals surface area contributed by atoms with Crippen LogP contribution >= 0.6 is 0 Å². The number of fused-ring (bicyclic) bond motifs is 1. The van der Waals surface area contributed by atoms with E-state index >= 15 is 0 Å². The standard InChI is InChI=1S/C16H19N3O/c17-10-13-9-12-3-1-2-4-14(12)16(15(13)11-18)19-5-7-20-8-6-19/h9,14,16H,1-8H2/t14-,16+/m0/s1. The van der Waals surface area contributed by atoms with Gasteiger partial charge < -0.3 is 4.74 Å². The quantitative estimate of drug-likeness (QED) is 0.732. The molecule has 0 N–H and O–H groups in total. The molecule has 0 unspecified atom stereocenters. The number of hydrogen-bond acceptors (Lipinski definition) is 4. The summed E-state index contributed by atoms with van der Waals surface area (Å²) in [5.74, 6) is 0.425. The second-order valence-corrected chi connectivity index (χ2v) is 5.72. The lowest BCUT2D eigenvalue weighted by molar-refractivity contribution is 0.0131. The molecule has 1 saturated carbocycles. The molecule has 20 heavy (non-hydrogen) atoms. The molecule has 104 valence electrons. The molecular weight excluding hydrogens is 250 g/mol. The van der Waals surface area contributed by atoms with E-state index in [0.717, 1.165) is 39.1 Å². The lowest BCUT2D eigenvalue weighted by atomic mass is 9.72. The number of ether oxygens (including phenoxy) is 1. The molecule has 2 atom stereocenters. The van der Waals surface area contributed by atoms with Gasteiger partial charge in [0.05, 0.1) is 36.5 Å². The molecule has 3 rings (SSSR count). The Morgan fingerprint density at radius 1 is 1.15 bits per heavy atom. The molecule has 0 spiro atoms. The molecule has 4 nitrogen and oxygen atoms in total. The Bertz CT molecular complexity index is 529. The Kier molecular flexibility index (Phi) is 3.87. The molecule has 2 aliphatic carbocycles. The minimum absolute atomic E-state index is 0.0962. The Balaban J connectivity index is 1.99. The van der Waals surface area contributed by atoms with E-state index < -0.39 is 0 Å². The van der Waals surface area contributed by atoms with E-state index in [9.17, 15) is 10.5 Å². The fraction of sp³-hybridized carbons (Fsp3) is 0.625. The summed E-state index contributed by atoms with van der Waals surface area (Å²) in [5.41, 5.74) is 2.63. The Morgan fingerprint density at radius 2 is 1.95 bits per heavy atom. The summed E-state index contributed by atoms with van der Waals surface area (Å²) < 4.78 is 5.43. The Labute approximate surface area is 119 Å². The van der Waals surface area contributed by atoms with Crippen LogP contribution in [-0.4, -0.2) is 37.2 Å². The third-order valence-corrected chi connectivity index (χ3v) is 4.68. The molecule has 0 aromatic carbocycles. The van der Waals surface area contributed by atoms with Crippen LogP contribution in [0.2, 0.25) is 0 Å². The van der Waals surface area contributed by atoms with Crippen LogP contribution in [0.5, 0.6) is 0 Å². The minimum Gasteiger partial charge on any atom is -0.379 e. The van der Waals surface area contributed by atoms with Crippen LogP contribution in [0.1, 0.15) is 25.7 Å². The van der Waals surface area contributed by atoms with Crippen LogP contribution in [-0.2, 0) is 4.74 Å². The van der Waals surface area contributed by atoms with Gasteiger partial charge in [0, 0.05) is 19.0 Å². The molecule has 0 bridgehead atoms. The summed E-state index contributed by atoms with van der Waals surface area (Å²) in [6.07, 6.45) is 6.63. The van der Waals surface area contributed by atoms with Gasteiger partial charge in [-0.25, -0.2) is 0 Å². The van der Waals surface area contributed by atoms with Gasteiger partial charge in [-0.3, -0.25) is 4.90 Å². The van der Waals surface area contributed by atoms with Crippen LogP contribution in [0.3, 0.4) is 0 Å². The first-order valence-corrected chi connectivity index (χ1v) is 7.42. The number of nitriles is 2. The van der Waals surface area contributed by atoms with Crippen molar-refractivity contribution in [1.29, 1.82) is 10.5 Å². The average Bonchev–Trinajstić information content (AvgIpc) is 2.53. The normalized spacial score (nSPS) is 31.0. The first kappa shape index (κ1) is 13.4. The van der Waals surface area contributed by atoms with Crippen molar-refractivity contribution in [2.24, 2.45) is 5.92 Å². The van der Waals surface area contributed by atoms with Gasteiger partial charge in [-0.15, -0.1) is 0 Å². The van der Waals surface area contributed by atoms with Gasteiger partial charge in [0.25, 0.3) is 0 Å². The molecule has 3 aliphatic rings. The van der Waals surface area contributed by atoms with E-state index in [0.29, 0.717) is 17.1 Å². The van der Waals surface area contributed by atoms with Crippen molar-refractivity contribution < 1.29 is 4.74 Å². The van der Waals surface area contributed by atoms with E-state index in [4.69, 9.17) is 4.74 Å². The zero-order valence-electron chi connectivity index (χ0n) is 11.6. The van der Waals surface area contributed by atoms with E-state index in [1.807, 2.05) is 6.08 Å². The van der Waals surface area contributed by atoms with E-state index in [1.165, 1.54) is 18.4 Å². The fourth-order valence-corrected chi connectivity index (χ4v) is 3.74. The first-order chi connectivity index (χ1) is 9.85. The molecular formula is C16H19N3O. The first-order valence-electron chi connectivity index (χ1n) is 7.42. The summed E-state index contributed by atoms with van der Waals surface area (Å²) >= 11 is 0. The fourth-order valence-electron chi connectivity index (χ4n) is 3.74.